The van der Waals surface area contributed by atoms with Crippen LogP contribution in [-0.2, 0) is 11.2 Å². The molecular weight excluding hydrogens is 276 g/mol. The van der Waals surface area contributed by atoms with E-state index in [-0.39, 0.29) is 17.9 Å². The zero-order valence-electron chi connectivity index (χ0n) is 13.9. The molecule has 0 radical (unpaired) electrons. The highest BCUT2D eigenvalue weighted by molar-refractivity contribution is 5.81. The number of rotatable bonds is 4. The summed E-state index contributed by atoms with van der Waals surface area (Å²) in [4.78, 5) is 14.3. The molecule has 4 heteroatoms. The van der Waals surface area contributed by atoms with Crippen LogP contribution >= 0.6 is 0 Å². The van der Waals surface area contributed by atoms with Crippen molar-refractivity contribution < 1.29 is 9.90 Å². The molecule has 0 unspecified atom stereocenters. The lowest BCUT2D eigenvalue weighted by Crippen LogP contribution is -2.46. The minimum Gasteiger partial charge on any atom is -0.396 e. The van der Waals surface area contributed by atoms with Gasteiger partial charge in [-0.3, -0.25) is 4.79 Å². The Bertz CT molecular complexity index is 483. The summed E-state index contributed by atoms with van der Waals surface area (Å²) in [6.07, 6.45) is 2.67. The van der Waals surface area contributed by atoms with Crippen molar-refractivity contribution in [2.45, 2.75) is 46.1 Å². The summed E-state index contributed by atoms with van der Waals surface area (Å²) in [7, 11) is 0. The van der Waals surface area contributed by atoms with Crippen molar-refractivity contribution >= 4 is 11.6 Å². The first-order valence-corrected chi connectivity index (χ1v) is 8.16. The Labute approximate surface area is 133 Å². The number of piperidine rings is 1. The maximum atomic E-state index is 12.3. The average molecular weight is 304 g/mol. The maximum absolute atomic E-state index is 12.3. The molecule has 0 spiro atoms. The smallest absolute Gasteiger partial charge is 0.227 e. The van der Waals surface area contributed by atoms with E-state index in [9.17, 15) is 4.79 Å². The number of nitrogens with one attached hydrogen (secondary N) is 1. The summed E-state index contributed by atoms with van der Waals surface area (Å²) in [6.45, 7) is 7.79. The van der Waals surface area contributed by atoms with Gasteiger partial charge < -0.3 is 15.3 Å². The van der Waals surface area contributed by atoms with Crippen LogP contribution in [-0.4, -0.2) is 41.7 Å². The molecule has 1 saturated heterocycles. The van der Waals surface area contributed by atoms with Gasteiger partial charge in [0, 0.05) is 36.8 Å². The van der Waals surface area contributed by atoms with Gasteiger partial charge in [0.15, 0.2) is 0 Å². The summed E-state index contributed by atoms with van der Waals surface area (Å²) in [5.41, 5.74) is 1.98. The SMILES string of the molecule is CC(C)(C)C(=O)N1CCC(Nc2ccc(CCO)cc2)CC1. The van der Waals surface area contributed by atoms with Crippen molar-refractivity contribution in [2.24, 2.45) is 5.41 Å². The lowest BCUT2D eigenvalue weighted by molar-refractivity contribution is -0.140. The third-order valence-corrected chi connectivity index (χ3v) is 4.15. The van der Waals surface area contributed by atoms with Gasteiger partial charge in [-0.2, -0.15) is 0 Å². The summed E-state index contributed by atoms with van der Waals surface area (Å²) < 4.78 is 0. The van der Waals surface area contributed by atoms with Gasteiger partial charge in [-0.05, 0) is 37.0 Å². The van der Waals surface area contributed by atoms with Crippen LogP contribution in [0.1, 0.15) is 39.2 Å². The second kappa shape index (κ2) is 7.14. The third-order valence-electron chi connectivity index (χ3n) is 4.15. The first kappa shape index (κ1) is 16.8. The van der Waals surface area contributed by atoms with Gasteiger partial charge >= 0.3 is 0 Å². The fraction of sp³-hybridized carbons (Fsp3) is 0.611. The number of anilines is 1. The molecular formula is C18H28N2O2. The molecule has 1 heterocycles. The largest absolute Gasteiger partial charge is 0.396 e. The van der Waals surface area contributed by atoms with Crippen LogP contribution in [0.3, 0.4) is 0 Å². The van der Waals surface area contributed by atoms with Crippen LogP contribution in [0, 0.1) is 5.41 Å². The van der Waals surface area contributed by atoms with Crippen molar-refractivity contribution in [3.05, 3.63) is 29.8 Å². The average Bonchev–Trinajstić information content (AvgIpc) is 2.49. The van der Waals surface area contributed by atoms with Crippen LogP contribution in [0.5, 0.6) is 0 Å². The van der Waals surface area contributed by atoms with Crippen molar-refractivity contribution in [1.82, 2.24) is 4.90 Å². The van der Waals surface area contributed by atoms with Crippen molar-refractivity contribution in [3.8, 4) is 0 Å². The Morgan fingerprint density at radius 1 is 1.23 bits per heavy atom. The molecule has 4 nitrogen and oxygen atoms in total. The monoisotopic (exact) mass is 304 g/mol. The molecule has 1 fully saturated rings. The molecule has 1 aromatic rings. The number of benzene rings is 1. The minimum atomic E-state index is -0.289. The molecule has 1 aliphatic heterocycles. The molecule has 0 aliphatic carbocycles. The zero-order chi connectivity index (χ0) is 16.2. The molecule has 1 amide bonds. The van der Waals surface area contributed by atoms with Crippen LogP contribution in [0.15, 0.2) is 24.3 Å². The second-order valence-electron chi connectivity index (χ2n) is 7.13. The van der Waals surface area contributed by atoms with Gasteiger partial charge in [-0.1, -0.05) is 32.9 Å². The second-order valence-corrected chi connectivity index (χ2v) is 7.13. The lowest BCUT2D eigenvalue weighted by atomic mass is 9.93. The van der Waals surface area contributed by atoms with Crippen molar-refractivity contribution in [2.75, 3.05) is 25.0 Å². The number of aliphatic hydroxyl groups excluding tert-OH is 1. The highest BCUT2D eigenvalue weighted by Crippen LogP contribution is 2.22. The highest BCUT2D eigenvalue weighted by Gasteiger charge is 2.30. The predicted octanol–water partition coefficient (Wildman–Crippen LogP) is 2.67. The van der Waals surface area contributed by atoms with Gasteiger partial charge in [0.25, 0.3) is 0 Å². The van der Waals surface area contributed by atoms with Gasteiger partial charge in [0.05, 0.1) is 0 Å². The number of hydrogen-bond donors (Lipinski definition) is 2. The van der Waals surface area contributed by atoms with Gasteiger partial charge in [-0.15, -0.1) is 0 Å². The lowest BCUT2D eigenvalue weighted by Gasteiger charge is -2.36. The standard InChI is InChI=1S/C18H28N2O2/c1-18(2,3)17(22)20-11-8-16(9-12-20)19-15-6-4-14(5-7-15)10-13-21/h4-7,16,19,21H,8-13H2,1-3H3. The number of carbonyl (C=O) groups is 1. The number of carbonyl (C=O) groups excluding carboxylic acids is 1. The number of aliphatic hydroxyl groups is 1. The summed E-state index contributed by atoms with van der Waals surface area (Å²) in [6, 6.07) is 8.66. The van der Waals surface area contributed by atoms with E-state index in [0.29, 0.717) is 12.5 Å². The first-order chi connectivity index (χ1) is 10.4. The molecule has 2 N–H and O–H groups in total. The molecule has 0 aromatic heterocycles. The van der Waals surface area contributed by atoms with Crippen LogP contribution in [0.25, 0.3) is 0 Å². The summed E-state index contributed by atoms with van der Waals surface area (Å²) in [5.74, 6) is 0.249. The predicted molar refractivity (Wildman–Crippen MR) is 89.9 cm³/mol. The van der Waals surface area contributed by atoms with E-state index in [2.05, 4.69) is 29.6 Å². The first-order valence-electron chi connectivity index (χ1n) is 8.16. The topological polar surface area (TPSA) is 52.6 Å². The van der Waals surface area contributed by atoms with Gasteiger partial charge in [0.2, 0.25) is 5.91 Å². The molecule has 0 saturated carbocycles. The molecule has 0 bridgehead atoms. The van der Waals surface area contributed by atoms with Gasteiger partial charge in [0.1, 0.15) is 0 Å². The number of amides is 1. The fourth-order valence-corrected chi connectivity index (χ4v) is 2.83. The maximum Gasteiger partial charge on any atom is 0.227 e. The fourth-order valence-electron chi connectivity index (χ4n) is 2.83. The Balaban J connectivity index is 1.83. The van der Waals surface area contributed by atoms with E-state index in [0.717, 1.165) is 37.2 Å². The van der Waals surface area contributed by atoms with E-state index in [1.165, 1.54) is 0 Å². The Hall–Kier alpha value is -1.55. The number of likely N-dealkylation sites (tertiary alicyclic amines) is 1. The minimum absolute atomic E-state index is 0.188. The molecule has 0 atom stereocenters. The van der Waals surface area contributed by atoms with Crippen LogP contribution in [0.2, 0.25) is 0 Å². The zero-order valence-corrected chi connectivity index (χ0v) is 13.9. The Morgan fingerprint density at radius 3 is 2.32 bits per heavy atom. The normalized spacial score (nSPS) is 16.6. The van der Waals surface area contributed by atoms with E-state index >= 15 is 0 Å². The van der Waals surface area contributed by atoms with Crippen molar-refractivity contribution in [3.63, 3.8) is 0 Å². The van der Waals surface area contributed by atoms with Gasteiger partial charge in [-0.25, -0.2) is 0 Å². The van der Waals surface area contributed by atoms with E-state index in [1.54, 1.807) is 0 Å². The molecule has 1 aliphatic rings. The quantitative estimate of drug-likeness (QED) is 0.899. The van der Waals surface area contributed by atoms with Crippen LogP contribution in [0.4, 0.5) is 5.69 Å². The Kier molecular flexibility index (Phi) is 5.46. The molecule has 122 valence electrons. The Morgan fingerprint density at radius 2 is 1.82 bits per heavy atom. The van der Waals surface area contributed by atoms with E-state index in [1.807, 2.05) is 25.7 Å². The van der Waals surface area contributed by atoms with E-state index in [4.69, 9.17) is 5.11 Å². The van der Waals surface area contributed by atoms with E-state index < -0.39 is 0 Å². The third kappa shape index (κ3) is 4.47. The molecule has 2 rings (SSSR count). The van der Waals surface area contributed by atoms with Crippen LogP contribution < -0.4 is 5.32 Å². The summed E-state index contributed by atoms with van der Waals surface area (Å²) in [5, 5.41) is 12.5. The van der Waals surface area contributed by atoms with Crippen molar-refractivity contribution in [1.29, 1.82) is 0 Å². The molecule has 22 heavy (non-hydrogen) atoms. The highest BCUT2D eigenvalue weighted by atomic mass is 16.3. The molecule has 1 aromatic carbocycles. The number of nitrogens with zero attached hydrogens (tertiary/aromatic N) is 1. The number of hydrogen-bond acceptors (Lipinski definition) is 3. The summed E-state index contributed by atoms with van der Waals surface area (Å²) >= 11 is 0.